The van der Waals surface area contributed by atoms with Crippen molar-refractivity contribution in [2.24, 2.45) is 0 Å². The third-order valence-electron chi connectivity index (χ3n) is 5.56. The first-order valence-corrected chi connectivity index (χ1v) is 11.0. The molecule has 2 aromatic rings. The van der Waals surface area contributed by atoms with E-state index in [1.807, 2.05) is 0 Å². The van der Waals surface area contributed by atoms with Crippen molar-refractivity contribution in [3.63, 3.8) is 0 Å². The first-order valence-electron chi connectivity index (χ1n) is 10.6. The molecular weight excluding hydrogens is 515 g/mol. The predicted octanol–water partition coefficient (Wildman–Crippen LogP) is 6.39. The van der Waals surface area contributed by atoms with Gasteiger partial charge in [-0.3, -0.25) is 4.79 Å². The molecule has 2 aromatic carbocycles. The van der Waals surface area contributed by atoms with Crippen LogP contribution in [0.3, 0.4) is 0 Å². The van der Waals surface area contributed by atoms with E-state index in [0.717, 1.165) is 0 Å². The largest absolute Gasteiger partial charge is 0.416 e. The van der Waals surface area contributed by atoms with Crippen LogP contribution in [0.1, 0.15) is 29.5 Å². The molecule has 0 unspecified atom stereocenters. The number of allylic oxidation sites excluding steroid dienone is 1. The molecule has 3 N–H and O–H groups in total. The van der Waals surface area contributed by atoms with E-state index in [1.54, 1.807) is 6.08 Å². The maximum absolute atomic E-state index is 13.3. The van der Waals surface area contributed by atoms with Crippen molar-refractivity contribution in [1.82, 2.24) is 10.6 Å². The van der Waals surface area contributed by atoms with Gasteiger partial charge < -0.3 is 16.0 Å². The molecule has 0 aliphatic carbocycles. The van der Waals surface area contributed by atoms with E-state index in [2.05, 4.69) is 22.5 Å². The molecule has 0 bridgehead atoms. The van der Waals surface area contributed by atoms with Crippen molar-refractivity contribution in [3.05, 3.63) is 82.3 Å². The summed E-state index contributed by atoms with van der Waals surface area (Å²) in [4.78, 5) is 13.2. The fourth-order valence-corrected chi connectivity index (χ4v) is 3.89. The highest BCUT2D eigenvalue weighted by Crippen LogP contribution is 2.38. The highest BCUT2D eigenvalue weighted by Gasteiger charge is 2.41. The zero-order valence-electron chi connectivity index (χ0n) is 18.6. The maximum Gasteiger partial charge on any atom is 0.416 e. The Balaban J connectivity index is 1.85. The van der Waals surface area contributed by atoms with Gasteiger partial charge in [0, 0.05) is 11.4 Å². The standard InChI is InChI=1S/C24H21ClF7N3O/c1-14(2-3-15-4-5-20(26)19(25)10-15)35-22(6-8-33-9-7-22)21(36)34-18-12-16(23(27,28)29)11-17(13-18)24(30,31)32/h2-5,10-13,33,35H,1,6-9H2,(H,34,36)/b3-2+. The van der Waals surface area contributed by atoms with Gasteiger partial charge in [-0.15, -0.1) is 0 Å². The SMILES string of the molecule is C=C(/C=C/c1ccc(F)c(Cl)c1)NC1(C(=O)Nc2cc(C(F)(F)F)cc(C(F)(F)F)c2)CCNCC1. The van der Waals surface area contributed by atoms with Gasteiger partial charge in [-0.2, -0.15) is 26.3 Å². The van der Waals surface area contributed by atoms with E-state index in [4.69, 9.17) is 11.6 Å². The summed E-state index contributed by atoms with van der Waals surface area (Å²) in [5.41, 5.74) is -4.29. The van der Waals surface area contributed by atoms with Gasteiger partial charge in [0.25, 0.3) is 0 Å². The molecule has 0 radical (unpaired) electrons. The summed E-state index contributed by atoms with van der Waals surface area (Å²) in [6.45, 7) is 4.55. The molecule has 1 fully saturated rings. The van der Waals surface area contributed by atoms with Crippen molar-refractivity contribution in [2.45, 2.75) is 30.7 Å². The lowest BCUT2D eigenvalue weighted by atomic mass is 9.86. The lowest BCUT2D eigenvalue weighted by Gasteiger charge is -2.38. The Morgan fingerprint density at radius 2 is 1.58 bits per heavy atom. The average molecular weight is 536 g/mol. The number of alkyl halides is 6. The molecule has 0 saturated carbocycles. The summed E-state index contributed by atoms with van der Waals surface area (Å²) in [6, 6.07) is 4.90. The maximum atomic E-state index is 13.3. The quantitative estimate of drug-likeness (QED) is 0.297. The smallest absolute Gasteiger partial charge is 0.372 e. The molecule has 0 atom stereocenters. The van der Waals surface area contributed by atoms with Gasteiger partial charge in [-0.05, 0) is 67.9 Å². The highest BCUT2D eigenvalue weighted by atomic mass is 35.5. The molecule has 1 saturated heterocycles. The molecule has 1 amide bonds. The van der Waals surface area contributed by atoms with Crippen LogP contribution in [0.4, 0.5) is 36.4 Å². The van der Waals surface area contributed by atoms with Crippen LogP contribution in [-0.2, 0) is 17.1 Å². The molecular formula is C24H21ClF7N3O. The number of carbonyl (C=O) groups is 1. The van der Waals surface area contributed by atoms with Crippen LogP contribution in [-0.4, -0.2) is 24.5 Å². The van der Waals surface area contributed by atoms with E-state index in [9.17, 15) is 35.5 Å². The minimum Gasteiger partial charge on any atom is -0.372 e. The van der Waals surface area contributed by atoms with Crippen LogP contribution in [0.5, 0.6) is 0 Å². The van der Waals surface area contributed by atoms with Crippen molar-refractivity contribution in [1.29, 1.82) is 0 Å². The van der Waals surface area contributed by atoms with Crippen molar-refractivity contribution in [3.8, 4) is 0 Å². The number of carbonyl (C=O) groups excluding carboxylic acids is 1. The summed E-state index contributed by atoms with van der Waals surface area (Å²) in [5.74, 6) is -1.41. The van der Waals surface area contributed by atoms with Crippen LogP contribution >= 0.6 is 11.6 Å². The van der Waals surface area contributed by atoms with Gasteiger partial charge in [-0.1, -0.05) is 30.3 Å². The number of rotatable bonds is 6. The molecule has 1 aliphatic rings. The molecule has 12 heteroatoms. The third-order valence-corrected chi connectivity index (χ3v) is 5.85. The van der Waals surface area contributed by atoms with Crippen LogP contribution in [0.25, 0.3) is 6.08 Å². The van der Waals surface area contributed by atoms with E-state index >= 15 is 0 Å². The molecule has 194 valence electrons. The number of halogens is 8. The Kier molecular flexibility index (Phi) is 8.04. The van der Waals surface area contributed by atoms with Crippen molar-refractivity contribution < 1.29 is 35.5 Å². The third kappa shape index (κ3) is 6.79. The van der Waals surface area contributed by atoms with Gasteiger partial charge in [0.1, 0.15) is 11.4 Å². The first kappa shape index (κ1) is 27.5. The minimum absolute atomic E-state index is 0.0114. The normalized spacial score (nSPS) is 16.1. The second-order valence-corrected chi connectivity index (χ2v) is 8.65. The second-order valence-electron chi connectivity index (χ2n) is 8.24. The Morgan fingerprint density at radius 3 is 2.11 bits per heavy atom. The summed E-state index contributed by atoms with van der Waals surface area (Å²) in [6.07, 6.45) is -6.69. The number of piperidine rings is 1. The van der Waals surface area contributed by atoms with Gasteiger partial charge in [0.15, 0.2) is 0 Å². The Labute approximate surface area is 207 Å². The van der Waals surface area contributed by atoms with Gasteiger partial charge in [-0.25, -0.2) is 4.39 Å². The topological polar surface area (TPSA) is 53.2 Å². The number of nitrogens with one attached hydrogen (secondary N) is 3. The first-order chi connectivity index (χ1) is 16.7. The molecule has 0 spiro atoms. The summed E-state index contributed by atoms with van der Waals surface area (Å²) in [7, 11) is 0. The van der Waals surface area contributed by atoms with E-state index in [0.29, 0.717) is 30.8 Å². The highest BCUT2D eigenvalue weighted by molar-refractivity contribution is 6.30. The Morgan fingerprint density at radius 1 is 1.00 bits per heavy atom. The molecule has 36 heavy (non-hydrogen) atoms. The molecule has 1 heterocycles. The Hall–Kier alpha value is -3.05. The zero-order chi connectivity index (χ0) is 26.7. The van der Waals surface area contributed by atoms with Crippen molar-refractivity contribution in [2.75, 3.05) is 18.4 Å². The molecule has 4 nitrogen and oxygen atoms in total. The van der Waals surface area contributed by atoms with Gasteiger partial charge in [0.2, 0.25) is 5.91 Å². The lowest BCUT2D eigenvalue weighted by Crippen LogP contribution is -2.59. The fraction of sp³-hybridized carbons (Fsp3) is 0.292. The average Bonchev–Trinajstić information content (AvgIpc) is 2.79. The number of anilines is 1. The number of amides is 1. The summed E-state index contributed by atoms with van der Waals surface area (Å²) < 4.78 is 92.5. The zero-order valence-corrected chi connectivity index (χ0v) is 19.3. The van der Waals surface area contributed by atoms with Crippen molar-refractivity contribution >= 4 is 29.3 Å². The monoisotopic (exact) mass is 535 g/mol. The summed E-state index contributed by atoms with van der Waals surface area (Å²) >= 11 is 5.76. The van der Waals surface area contributed by atoms with Crippen LogP contribution in [0.15, 0.2) is 54.8 Å². The van der Waals surface area contributed by atoms with E-state index in [-0.39, 0.29) is 29.6 Å². The van der Waals surface area contributed by atoms with E-state index < -0.39 is 46.4 Å². The summed E-state index contributed by atoms with van der Waals surface area (Å²) in [5, 5.41) is 8.12. The van der Waals surface area contributed by atoms with Crippen LogP contribution in [0, 0.1) is 5.82 Å². The molecule has 1 aliphatic heterocycles. The van der Waals surface area contributed by atoms with Crippen LogP contribution < -0.4 is 16.0 Å². The fourth-order valence-electron chi connectivity index (χ4n) is 3.70. The predicted molar refractivity (Wildman–Crippen MR) is 123 cm³/mol. The molecule has 3 rings (SSSR count). The Bertz CT molecular complexity index is 1140. The van der Waals surface area contributed by atoms with E-state index in [1.165, 1.54) is 24.3 Å². The minimum atomic E-state index is -5.05. The number of benzene rings is 2. The van der Waals surface area contributed by atoms with Crippen LogP contribution in [0.2, 0.25) is 5.02 Å². The number of hydrogen-bond acceptors (Lipinski definition) is 3. The number of hydrogen-bond donors (Lipinski definition) is 3. The molecule has 0 aromatic heterocycles. The van der Waals surface area contributed by atoms with Gasteiger partial charge in [0.05, 0.1) is 16.1 Å². The lowest BCUT2D eigenvalue weighted by molar-refractivity contribution is -0.143. The second kappa shape index (κ2) is 10.5. The van der Waals surface area contributed by atoms with Gasteiger partial charge >= 0.3 is 12.4 Å².